The van der Waals surface area contributed by atoms with E-state index in [-0.39, 0.29) is 0 Å². The molecular formula is C9H11Po. The Morgan fingerprint density at radius 2 is 1.70 bits per heavy atom. The molecule has 0 saturated carbocycles. The third-order valence-electron chi connectivity index (χ3n) is 1.76. The van der Waals surface area contributed by atoms with Gasteiger partial charge in [-0.1, -0.05) is 0 Å². The van der Waals surface area contributed by atoms with Gasteiger partial charge in [0, 0.05) is 0 Å². The summed E-state index contributed by atoms with van der Waals surface area (Å²) in [5, 5.41) is 0. The Kier molecular flexibility index (Phi) is 2.48. The van der Waals surface area contributed by atoms with E-state index in [2.05, 4.69) is 32.9 Å². The molecule has 53 valence electrons. The summed E-state index contributed by atoms with van der Waals surface area (Å²) in [6.45, 7) is 6.52. The van der Waals surface area contributed by atoms with E-state index < -0.39 is 0 Å². The van der Waals surface area contributed by atoms with Crippen molar-refractivity contribution < 1.29 is 0 Å². The van der Waals surface area contributed by atoms with Crippen molar-refractivity contribution in [3.05, 3.63) is 28.8 Å². The van der Waals surface area contributed by atoms with Crippen LogP contribution in [0.4, 0.5) is 0 Å². The zero-order chi connectivity index (χ0) is 7.72. The van der Waals surface area contributed by atoms with Crippen molar-refractivity contribution in [3.63, 3.8) is 0 Å². The van der Waals surface area contributed by atoms with Gasteiger partial charge in [0.2, 0.25) is 0 Å². The van der Waals surface area contributed by atoms with Gasteiger partial charge in [-0.15, -0.1) is 0 Å². The number of hydrogen-bond donors (Lipinski definition) is 0. The Balaban J connectivity index is 3.31. The van der Waals surface area contributed by atoms with E-state index in [1.165, 1.54) is 19.9 Å². The molecule has 0 aliphatic carbocycles. The SMILES string of the molecule is Cc1cc(C)c(C)[c]([Po])c1. The molecule has 1 aromatic carbocycles. The molecule has 1 radical (unpaired) electrons. The molecule has 0 aliphatic rings. The summed E-state index contributed by atoms with van der Waals surface area (Å²) in [4.78, 5) is 0. The van der Waals surface area contributed by atoms with E-state index >= 15 is 0 Å². The van der Waals surface area contributed by atoms with Crippen LogP contribution in [0.5, 0.6) is 0 Å². The van der Waals surface area contributed by atoms with Gasteiger partial charge in [0.1, 0.15) is 0 Å². The Morgan fingerprint density at radius 1 is 1.10 bits per heavy atom. The van der Waals surface area contributed by atoms with E-state index in [4.69, 9.17) is 0 Å². The minimum atomic E-state index is 1.38. The molecule has 0 saturated heterocycles. The van der Waals surface area contributed by atoms with Gasteiger partial charge in [0.15, 0.2) is 0 Å². The van der Waals surface area contributed by atoms with Crippen molar-refractivity contribution >= 4 is 28.3 Å². The third kappa shape index (κ3) is 1.58. The Hall–Kier alpha value is 0.116. The molecular weight excluding hydrogens is 317 g/mol. The predicted octanol–water partition coefficient (Wildman–Crippen LogP) is 1.41. The van der Waals surface area contributed by atoms with Crippen LogP contribution >= 0.6 is 0 Å². The van der Waals surface area contributed by atoms with Gasteiger partial charge in [0.25, 0.3) is 0 Å². The monoisotopic (exact) mass is 328 g/mol. The minimum absolute atomic E-state index is 1.38. The van der Waals surface area contributed by atoms with Crippen molar-refractivity contribution in [1.82, 2.24) is 0 Å². The molecule has 1 aromatic rings. The average molecular weight is 328 g/mol. The average Bonchev–Trinajstić information content (AvgIpc) is 1.82. The summed E-state index contributed by atoms with van der Waals surface area (Å²) in [6, 6.07) is 4.50. The molecule has 0 amide bonds. The molecule has 0 bridgehead atoms. The second-order valence-corrected chi connectivity index (χ2v) is 4.41. The van der Waals surface area contributed by atoms with Crippen LogP contribution in [0.3, 0.4) is 0 Å². The van der Waals surface area contributed by atoms with Crippen molar-refractivity contribution in [2.45, 2.75) is 20.8 Å². The normalized spacial score (nSPS) is 9.90. The first-order valence-electron chi connectivity index (χ1n) is 3.36. The molecule has 0 N–H and O–H groups in total. The van der Waals surface area contributed by atoms with Crippen LogP contribution in [-0.4, -0.2) is 25.1 Å². The molecule has 10 heavy (non-hydrogen) atoms. The number of aryl methyl sites for hydroxylation is 2. The van der Waals surface area contributed by atoms with Crippen molar-refractivity contribution in [2.75, 3.05) is 0 Å². The zero-order valence-electron chi connectivity index (χ0n) is 6.56. The Morgan fingerprint density at radius 3 is 2.20 bits per heavy atom. The van der Waals surface area contributed by atoms with Gasteiger partial charge < -0.3 is 0 Å². The van der Waals surface area contributed by atoms with Crippen LogP contribution in [0.2, 0.25) is 0 Å². The fourth-order valence-corrected chi connectivity index (χ4v) is 2.35. The summed E-state index contributed by atoms with van der Waals surface area (Å²) in [5.41, 5.74) is 4.26. The Bertz CT molecular complexity index is 228. The second kappa shape index (κ2) is 3.01. The summed E-state index contributed by atoms with van der Waals surface area (Å²) in [6.07, 6.45) is 0. The van der Waals surface area contributed by atoms with E-state index in [0.717, 1.165) is 0 Å². The summed E-state index contributed by atoms with van der Waals surface area (Å²) >= 11 is 1.57. The van der Waals surface area contributed by atoms with Crippen LogP contribution < -0.4 is 3.22 Å². The maximum atomic E-state index is 2.26. The first-order chi connectivity index (χ1) is 4.61. The van der Waals surface area contributed by atoms with Crippen molar-refractivity contribution in [2.24, 2.45) is 0 Å². The van der Waals surface area contributed by atoms with Crippen LogP contribution in [-0.2, 0) is 0 Å². The standard InChI is InChI=1S/C9H11.Po/c1-7-4-5-8(2)9(3)6-7;/h4,6H,1-3H3;. The molecule has 0 atom stereocenters. The van der Waals surface area contributed by atoms with Gasteiger partial charge in [-0.05, 0) is 0 Å². The number of rotatable bonds is 0. The van der Waals surface area contributed by atoms with Gasteiger partial charge in [-0.2, -0.15) is 0 Å². The molecule has 1 rings (SSSR count). The topological polar surface area (TPSA) is 0 Å². The molecule has 0 aromatic heterocycles. The summed E-state index contributed by atoms with van der Waals surface area (Å²) < 4.78 is 1.48. The molecule has 0 fully saturated rings. The fraction of sp³-hybridized carbons (Fsp3) is 0.333. The van der Waals surface area contributed by atoms with Crippen LogP contribution in [0.15, 0.2) is 12.1 Å². The number of hydrogen-bond acceptors (Lipinski definition) is 0. The van der Waals surface area contributed by atoms with Gasteiger partial charge in [-0.3, -0.25) is 0 Å². The number of benzene rings is 1. The molecule has 1 heteroatoms. The fourth-order valence-electron chi connectivity index (χ4n) is 1.00. The van der Waals surface area contributed by atoms with E-state index in [1.807, 2.05) is 0 Å². The second-order valence-electron chi connectivity index (χ2n) is 2.70. The summed E-state index contributed by atoms with van der Waals surface area (Å²) in [7, 11) is 0. The quantitative estimate of drug-likeness (QED) is 0.676. The van der Waals surface area contributed by atoms with Crippen LogP contribution in [0.1, 0.15) is 16.7 Å². The van der Waals surface area contributed by atoms with Crippen molar-refractivity contribution in [3.8, 4) is 0 Å². The Labute approximate surface area is 77.8 Å². The third-order valence-corrected chi connectivity index (χ3v) is 3.41. The van der Waals surface area contributed by atoms with Gasteiger partial charge in [0.05, 0.1) is 0 Å². The molecule has 0 nitrogen and oxygen atoms in total. The van der Waals surface area contributed by atoms with Gasteiger partial charge in [-0.25, -0.2) is 0 Å². The first-order valence-corrected chi connectivity index (χ1v) is 4.95. The van der Waals surface area contributed by atoms with Crippen LogP contribution in [0.25, 0.3) is 0 Å². The van der Waals surface area contributed by atoms with Gasteiger partial charge >= 0.3 is 77.9 Å². The van der Waals surface area contributed by atoms with E-state index in [0.29, 0.717) is 0 Å². The predicted molar refractivity (Wildman–Crippen MR) is 46.0 cm³/mol. The molecule has 0 heterocycles. The molecule has 0 spiro atoms. The molecule has 0 aliphatic heterocycles. The van der Waals surface area contributed by atoms with E-state index in [9.17, 15) is 0 Å². The maximum absolute atomic E-state index is 2.26. The van der Waals surface area contributed by atoms with E-state index in [1.54, 1.807) is 25.1 Å². The molecule has 0 unspecified atom stereocenters. The zero-order valence-corrected chi connectivity index (χ0v) is 9.74. The summed E-state index contributed by atoms with van der Waals surface area (Å²) in [5.74, 6) is 0. The van der Waals surface area contributed by atoms with Crippen LogP contribution in [0, 0.1) is 20.8 Å². The van der Waals surface area contributed by atoms with Crippen molar-refractivity contribution in [1.29, 1.82) is 0 Å². The first kappa shape index (κ1) is 8.21.